The van der Waals surface area contributed by atoms with E-state index in [1.807, 2.05) is 11.0 Å². The van der Waals surface area contributed by atoms with Gasteiger partial charge in [0.15, 0.2) is 0 Å². The van der Waals surface area contributed by atoms with Gasteiger partial charge in [-0.05, 0) is 74.6 Å². The molecule has 2 aliphatic rings. The lowest BCUT2D eigenvalue weighted by Gasteiger charge is -2.29. The molecule has 1 aromatic carbocycles. The number of carbonyl (C=O) groups excluding carboxylic acids is 1. The fourth-order valence-corrected chi connectivity index (χ4v) is 4.46. The number of halogens is 2. The van der Waals surface area contributed by atoms with Gasteiger partial charge in [-0.3, -0.25) is 4.79 Å². The van der Waals surface area contributed by atoms with E-state index < -0.39 is 0 Å². The molecule has 1 amide bonds. The van der Waals surface area contributed by atoms with Crippen LogP contribution in [-0.2, 0) is 4.79 Å². The van der Waals surface area contributed by atoms with Gasteiger partial charge in [-0.25, -0.2) is 4.39 Å². The lowest BCUT2D eigenvalue weighted by atomic mass is 9.77. The molecule has 0 radical (unpaired) electrons. The van der Waals surface area contributed by atoms with Crippen molar-refractivity contribution in [3.63, 3.8) is 0 Å². The minimum absolute atomic E-state index is 0.261. The van der Waals surface area contributed by atoms with Crippen LogP contribution in [0.2, 0.25) is 5.02 Å². The van der Waals surface area contributed by atoms with Gasteiger partial charge in [0.25, 0.3) is 0 Å². The quantitative estimate of drug-likeness (QED) is 0.786. The van der Waals surface area contributed by atoms with Crippen LogP contribution in [0.3, 0.4) is 0 Å². The molecule has 3 nitrogen and oxygen atoms in total. The molecule has 2 fully saturated rings. The third-order valence-corrected chi connectivity index (χ3v) is 5.93. The van der Waals surface area contributed by atoms with Crippen LogP contribution in [0.25, 0.3) is 0 Å². The van der Waals surface area contributed by atoms with E-state index in [0.29, 0.717) is 17.0 Å². The number of benzene rings is 1. The highest BCUT2D eigenvalue weighted by Gasteiger charge is 2.25. The number of amides is 1. The average Bonchev–Trinajstić information content (AvgIpc) is 3.04. The van der Waals surface area contributed by atoms with E-state index in [9.17, 15) is 9.18 Å². The number of hydrogen-bond acceptors (Lipinski definition) is 2. The molecule has 0 aromatic heterocycles. The fraction of sp³-hybridized carbons (Fsp3) is 0.632. The summed E-state index contributed by atoms with van der Waals surface area (Å²) in [4.78, 5) is 12.6. The Morgan fingerprint density at radius 1 is 1.25 bits per heavy atom. The number of likely N-dealkylation sites (tertiary alicyclic amines) is 1. The van der Waals surface area contributed by atoms with Crippen molar-refractivity contribution in [3.8, 4) is 0 Å². The SMILES string of the molecule is O=CN1CCC(NCCC2CCC(c3ccc(F)cc3Cl)CC2)C1. The van der Waals surface area contributed by atoms with Crippen molar-refractivity contribution in [2.45, 2.75) is 50.5 Å². The number of carbonyl (C=O) groups is 1. The number of rotatable bonds is 6. The summed E-state index contributed by atoms with van der Waals surface area (Å²) >= 11 is 6.20. The normalized spacial score (nSPS) is 27.4. The highest BCUT2D eigenvalue weighted by molar-refractivity contribution is 6.31. The average molecular weight is 353 g/mol. The van der Waals surface area contributed by atoms with Crippen molar-refractivity contribution in [3.05, 3.63) is 34.6 Å². The second-order valence-corrected chi connectivity index (χ2v) is 7.62. The van der Waals surface area contributed by atoms with Crippen LogP contribution in [0, 0.1) is 11.7 Å². The molecule has 1 saturated carbocycles. The molecular weight excluding hydrogens is 327 g/mol. The zero-order valence-electron chi connectivity index (χ0n) is 14.0. The monoisotopic (exact) mass is 352 g/mol. The van der Waals surface area contributed by atoms with E-state index in [4.69, 9.17) is 11.6 Å². The van der Waals surface area contributed by atoms with Gasteiger partial charge in [-0.2, -0.15) is 0 Å². The van der Waals surface area contributed by atoms with Gasteiger partial charge < -0.3 is 10.2 Å². The van der Waals surface area contributed by atoms with Crippen LogP contribution < -0.4 is 5.32 Å². The molecule has 1 saturated heterocycles. The van der Waals surface area contributed by atoms with Gasteiger partial charge in [0.05, 0.1) is 0 Å². The Morgan fingerprint density at radius 3 is 2.71 bits per heavy atom. The molecule has 5 heteroatoms. The smallest absolute Gasteiger partial charge is 0.209 e. The molecule has 24 heavy (non-hydrogen) atoms. The van der Waals surface area contributed by atoms with E-state index >= 15 is 0 Å². The van der Waals surface area contributed by atoms with Crippen molar-refractivity contribution in [2.24, 2.45) is 5.92 Å². The Kier molecular flexibility index (Phi) is 6.12. The van der Waals surface area contributed by atoms with Crippen molar-refractivity contribution in [1.29, 1.82) is 0 Å². The lowest BCUT2D eigenvalue weighted by Crippen LogP contribution is -2.33. The van der Waals surface area contributed by atoms with Crippen molar-refractivity contribution in [2.75, 3.05) is 19.6 Å². The number of nitrogens with one attached hydrogen (secondary N) is 1. The minimum Gasteiger partial charge on any atom is -0.344 e. The van der Waals surface area contributed by atoms with Crippen LogP contribution in [0.1, 0.15) is 50.0 Å². The Labute approximate surface area is 148 Å². The van der Waals surface area contributed by atoms with Gasteiger partial charge in [0.2, 0.25) is 6.41 Å². The van der Waals surface area contributed by atoms with Crippen molar-refractivity contribution >= 4 is 18.0 Å². The summed E-state index contributed by atoms with van der Waals surface area (Å²) in [5.41, 5.74) is 1.11. The first kappa shape index (κ1) is 17.7. The molecule has 1 N–H and O–H groups in total. The molecule has 1 atom stereocenters. The molecule has 1 aromatic rings. The lowest BCUT2D eigenvalue weighted by molar-refractivity contribution is -0.117. The molecule has 3 rings (SSSR count). The van der Waals surface area contributed by atoms with Crippen LogP contribution in [0.15, 0.2) is 18.2 Å². The van der Waals surface area contributed by atoms with E-state index in [-0.39, 0.29) is 5.82 Å². The van der Waals surface area contributed by atoms with Crippen LogP contribution in [0.5, 0.6) is 0 Å². The summed E-state index contributed by atoms with van der Waals surface area (Å²) in [6.07, 6.45) is 7.91. The summed E-state index contributed by atoms with van der Waals surface area (Å²) in [5, 5.41) is 4.16. The topological polar surface area (TPSA) is 32.3 Å². The summed E-state index contributed by atoms with van der Waals surface area (Å²) in [6, 6.07) is 5.26. The zero-order valence-corrected chi connectivity index (χ0v) is 14.8. The molecule has 1 heterocycles. The predicted molar refractivity (Wildman–Crippen MR) is 94.8 cm³/mol. The summed E-state index contributed by atoms with van der Waals surface area (Å²) in [5.74, 6) is 0.971. The minimum atomic E-state index is -0.261. The zero-order chi connectivity index (χ0) is 16.9. The number of hydrogen-bond donors (Lipinski definition) is 1. The van der Waals surface area contributed by atoms with Gasteiger partial charge in [0, 0.05) is 24.2 Å². The molecular formula is C19H26ClFN2O. The third-order valence-electron chi connectivity index (χ3n) is 5.60. The van der Waals surface area contributed by atoms with E-state index in [1.54, 1.807) is 0 Å². The predicted octanol–water partition coefficient (Wildman–Crippen LogP) is 3.96. The highest BCUT2D eigenvalue weighted by Crippen LogP contribution is 2.39. The maximum absolute atomic E-state index is 13.2. The second kappa shape index (κ2) is 8.30. The molecule has 1 unspecified atom stereocenters. The molecule has 132 valence electrons. The molecule has 0 spiro atoms. The van der Waals surface area contributed by atoms with E-state index in [2.05, 4.69) is 5.32 Å². The second-order valence-electron chi connectivity index (χ2n) is 7.21. The van der Waals surface area contributed by atoms with Crippen molar-refractivity contribution < 1.29 is 9.18 Å². The first-order valence-electron chi connectivity index (χ1n) is 9.03. The Bertz CT molecular complexity index is 560. The summed E-state index contributed by atoms with van der Waals surface area (Å²) < 4.78 is 13.2. The maximum Gasteiger partial charge on any atom is 0.209 e. The fourth-order valence-electron chi connectivity index (χ4n) is 4.14. The maximum atomic E-state index is 13.2. The third kappa shape index (κ3) is 4.48. The van der Waals surface area contributed by atoms with Crippen LogP contribution in [0.4, 0.5) is 4.39 Å². The highest BCUT2D eigenvalue weighted by atomic mass is 35.5. The van der Waals surface area contributed by atoms with Crippen molar-refractivity contribution in [1.82, 2.24) is 10.2 Å². The van der Waals surface area contributed by atoms with Crippen LogP contribution >= 0.6 is 11.6 Å². The van der Waals surface area contributed by atoms with Gasteiger partial charge in [-0.15, -0.1) is 0 Å². The Balaban J connectivity index is 1.38. The summed E-state index contributed by atoms with van der Waals surface area (Å²) in [6.45, 7) is 2.76. The summed E-state index contributed by atoms with van der Waals surface area (Å²) in [7, 11) is 0. The molecule has 0 bridgehead atoms. The largest absolute Gasteiger partial charge is 0.344 e. The van der Waals surface area contributed by atoms with Gasteiger partial charge in [-0.1, -0.05) is 17.7 Å². The van der Waals surface area contributed by atoms with Crippen LogP contribution in [-0.4, -0.2) is 37.0 Å². The first-order chi connectivity index (χ1) is 11.7. The first-order valence-corrected chi connectivity index (χ1v) is 9.41. The van der Waals surface area contributed by atoms with E-state index in [0.717, 1.165) is 56.8 Å². The van der Waals surface area contributed by atoms with Gasteiger partial charge >= 0.3 is 0 Å². The van der Waals surface area contributed by atoms with E-state index in [1.165, 1.54) is 31.4 Å². The Morgan fingerprint density at radius 2 is 2.04 bits per heavy atom. The molecule has 1 aliphatic carbocycles. The molecule has 1 aliphatic heterocycles. The number of nitrogens with zero attached hydrogens (tertiary/aromatic N) is 1. The van der Waals surface area contributed by atoms with Gasteiger partial charge in [0.1, 0.15) is 5.82 Å². The standard InChI is InChI=1S/C19H26ClFN2O/c20-19-11-16(21)5-6-18(19)15-3-1-14(2-4-15)7-9-22-17-8-10-23(12-17)13-24/h5-6,11,13-15,17,22H,1-4,7-10,12H2. The Hall–Kier alpha value is -1.13.